The van der Waals surface area contributed by atoms with E-state index in [0.717, 1.165) is 6.42 Å². The fraction of sp³-hybridized carbons (Fsp3) is 0.727. The van der Waals surface area contributed by atoms with Gasteiger partial charge >= 0.3 is 0 Å². The number of aryl methyl sites for hydroxylation is 1. The van der Waals surface area contributed by atoms with E-state index in [0.29, 0.717) is 11.3 Å². The Labute approximate surface area is 92.8 Å². The zero-order valence-corrected chi connectivity index (χ0v) is 10.6. The van der Waals surface area contributed by atoms with Crippen LogP contribution >= 0.6 is 22.7 Å². The molecule has 0 spiro atoms. The third kappa shape index (κ3) is 1.57. The summed E-state index contributed by atoms with van der Waals surface area (Å²) in [4.78, 5) is 14.1. The molecule has 0 aliphatic heterocycles. The molecule has 0 amide bonds. The fourth-order valence-electron chi connectivity index (χ4n) is 2.16. The van der Waals surface area contributed by atoms with Crippen molar-refractivity contribution in [2.75, 3.05) is 0 Å². The minimum absolute atomic E-state index is 0.284. The second kappa shape index (κ2) is 3.46. The summed E-state index contributed by atoms with van der Waals surface area (Å²) in [6.45, 7) is 6.89. The molecule has 14 heavy (non-hydrogen) atoms. The van der Waals surface area contributed by atoms with Crippen molar-refractivity contribution in [2.24, 2.45) is 5.41 Å². The van der Waals surface area contributed by atoms with Gasteiger partial charge in [0.1, 0.15) is 0 Å². The monoisotopic (exact) mass is 228 g/mol. The van der Waals surface area contributed by atoms with Crippen molar-refractivity contribution in [2.45, 2.75) is 46.0 Å². The van der Waals surface area contributed by atoms with Crippen LogP contribution in [0.15, 0.2) is 4.79 Å². The topological polar surface area (TPSA) is 17.1 Å². The Balaban J connectivity index is 2.38. The van der Waals surface area contributed by atoms with E-state index < -0.39 is 0 Å². The lowest BCUT2D eigenvalue weighted by Crippen LogP contribution is -2.18. The molecule has 0 N–H and O–H groups in total. The molecule has 1 heterocycles. The lowest BCUT2D eigenvalue weighted by Gasteiger charge is -2.30. The molecule has 1 aromatic rings. The molecule has 0 fully saturated rings. The molecule has 1 nitrogen and oxygen atoms in total. The van der Waals surface area contributed by atoms with Gasteiger partial charge in [-0.15, -0.1) is 0 Å². The molecule has 1 aliphatic rings. The average Bonchev–Trinajstić information content (AvgIpc) is 2.62. The van der Waals surface area contributed by atoms with E-state index in [9.17, 15) is 4.79 Å². The second-order valence-electron chi connectivity index (χ2n) is 4.67. The van der Waals surface area contributed by atoms with E-state index in [1.807, 2.05) is 0 Å². The first kappa shape index (κ1) is 10.4. The first-order valence-electron chi connectivity index (χ1n) is 5.17. The summed E-state index contributed by atoms with van der Waals surface area (Å²) in [6.07, 6.45) is 3.57. The van der Waals surface area contributed by atoms with E-state index in [1.165, 1.54) is 45.3 Å². The molecule has 2 rings (SSSR count). The van der Waals surface area contributed by atoms with Gasteiger partial charge in [0, 0.05) is 9.75 Å². The third-order valence-electron chi connectivity index (χ3n) is 3.51. The fourth-order valence-corrected chi connectivity index (χ4v) is 4.78. The van der Waals surface area contributed by atoms with Crippen LogP contribution in [0.1, 0.15) is 49.3 Å². The van der Waals surface area contributed by atoms with Gasteiger partial charge in [-0.3, -0.25) is 4.79 Å². The van der Waals surface area contributed by atoms with Gasteiger partial charge in [-0.1, -0.05) is 49.9 Å². The van der Waals surface area contributed by atoms with Crippen LogP contribution in [0.5, 0.6) is 0 Å². The van der Waals surface area contributed by atoms with Crippen molar-refractivity contribution in [1.82, 2.24) is 0 Å². The Morgan fingerprint density at radius 2 is 2.14 bits per heavy atom. The Kier molecular flexibility index (Phi) is 2.56. The van der Waals surface area contributed by atoms with Crippen molar-refractivity contribution in [3.05, 3.63) is 18.6 Å². The first-order valence-corrected chi connectivity index (χ1v) is 6.80. The Bertz CT molecular complexity index is 386. The van der Waals surface area contributed by atoms with Crippen LogP contribution in [0, 0.1) is 5.41 Å². The van der Waals surface area contributed by atoms with Gasteiger partial charge < -0.3 is 0 Å². The van der Waals surface area contributed by atoms with Crippen LogP contribution in [0.2, 0.25) is 0 Å². The lowest BCUT2D eigenvalue weighted by molar-refractivity contribution is 0.275. The minimum Gasteiger partial charge on any atom is -0.265 e. The molecular weight excluding hydrogens is 212 g/mol. The van der Waals surface area contributed by atoms with E-state index in [4.69, 9.17) is 0 Å². The Hall–Kier alpha value is -0.150. The predicted molar refractivity (Wildman–Crippen MR) is 63.6 cm³/mol. The van der Waals surface area contributed by atoms with Gasteiger partial charge in [0.25, 0.3) is 4.06 Å². The molecule has 0 saturated heterocycles. The summed E-state index contributed by atoms with van der Waals surface area (Å²) in [7, 11) is 0. The van der Waals surface area contributed by atoms with Crippen LogP contribution in [0.3, 0.4) is 0 Å². The first-order chi connectivity index (χ1) is 6.54. The maximum atomic E-state index is 11.3. The van der Waals surface area contributed by atoms with Crippen LogP contribution in [-0.4, -0.2) is 0 Å². The zero-order chi connectivity index (χ0) is 10.3. The molecule has 0 aromatic carbocycles. The molecule has 78 valence electrons. The van der Waals surface area contributed by atoms with Gasteiger partial charge in [0.05, 0.1) is 0 Å². The van der Waals surface area contributed by atoms with Crippen LogP contribution in [0.25, 0.3) is 0 Å². The van der Waals surface area contributed by atoms with Crippen molar-refractivity contribution in [3.8, 4) is 0 Å². The number of hydrogen-bond acceptors (Lipinski definition) is 3. The largest absolute Gasteiger partial charge is 0.287 e. The van der Waals surface area contributed by atoms with E-state index in [-0.39, 0.29) is 4.06 Å². The number of fused-ring (bicyclic) bond motifs is 1. The molecule has 0 radical (unpaired) electrons. The lowest BCUT2D eigenvalue weighted by atomic mass is 9.76. The van der Waals surface area contributed by atoms with Gasteiger partial charge in [-0.05, 0) is 24.2 Å². The summed E-state index contributed by atoms with van der Waals surface area (Å²) in [5, 5.41) is 0. The standard InChI is InChI=1S/C11H16OS2/c1-4-11(2,3)7-5-6-8-9(7)14-10(12)13-8/h7H,4-6H2,1-3H3. The molecule has 0 bridgehead atoms. The quantitative estimate of drug-likeness (QED) is 0.755. The van der Waals surface area contributed by atoms with Crippen molar-refractivity contribution in [3.63, 3.8) is 0 Å². The van der Waals surface area contributed by atoms with Crippen LogP contribution in [0.4, 0.5) is 0 Å². The van der Waals surface area contributed by atoms with Gasteiger partial charge in [-0.2, -0.15) is 0 Å². The molecule has 1 atom stereocenters. The maximum absolute atomic E-state index is 11.3. The smallest absolute Gasteiger partial charge is 0.265 e. The molecular formula is C11H16OS2. The highest BCUT2D eigenvalue weighted by molar-refractivity contribution is 7.27. The van der Waals surface area contributed by atoms with Gasteiger partial charge in [0.2, 0.25) is 0 Å². The SMILES string of the molecule is CCC(C)(C)C1CCc2sc(=O)sc21. The molecule has 3 heteroatoms. The van der Waals surface area contributed by atoms with Crippen LogP contribution < -0.4 is 4.06 Å². The summed E-state index contributed by atoms with van der Waals surface area (Å²) in [5.74, 6) is 0.631. The highest BCUT2D eigenvalue weighted by Gasteiger charge is 2.36. The van der Waals surface area contributed by atoms with Crippen molar-refractivity contribution in [1.29, 1.82) is 0 Å². The normalized spacial score (nSPS) is 21.2. The molecule has 1 unspecified atom stereocenters. The predicted octanol–water partition coefficient (Wildman–Crippen LogP) is 3.64. The third-order valence-corrected chi connectivity index (χ3v) is 5.89. The molecule has 1 aliphatic carbocycles. The average molecular weight is 228 g/mol. The second-order valence-corrected chi connectivity index (χ2v) is 7.02. The highest BCUT2D eigenvalue weighted by Crippen LogP contribution is 2.48. The summed E-state index contributed by atoms with van der Waals surface area (Å²) in [5.41, 5.74) is 0.356. The Morgan fingerprint density at radius 3 is 2.79 bits per heavy atom. The number of hydrogen-bond donors (Lipinski definition) is 0. The summed E-state index contributed by atoms with van der Waals surface area (Å²) < 4.78 is 0.284. The van der Waals surface area contributed by atoms with Gasteiger partial charge in [0.15, 0.2) is 0 Å². The maximum Gasteiger partial charge on any atom is 0.287 e. The van der Waals surface area contributed by atoms with Gasteiger partial charge in [-0.25, -0.2) is 0 Å². The summed E-state index contributed by atoms with van der Waals surface area (Å²) in [6, 6.07) is 0. The number of rotatable bonds is 2. The zero-order valence-electron chi connectivity index (χ0n) is 8.92. The van der Waals surface area contributed by atoms with E-state index in [2.05, 4.69) is 20.8 Å². The minimum atomic E-state index is 0.284. The molecule has 0 saturated carbocycles. The van der Waals surface area contributed by atoms with E-state index >= 15 is 0 Å². The van der Waals surface area contributed by atoms with Crippen molar-refractivity contribution >= 4 is 22.7 Å². The van der Waals surface area contributed by atoms with Crippen LogP contribution in [-0.2, 0) is 6.42 Å². The molecule has 1 aromatic heterocycles. The Morgan fingerprint density at radius 1 is 1.43 bits per heavy atom. The van der Waals surface area contributed by atoms with Crippen molar-refractivity contribution < 1.29 is 0 Å². The van der Waals surface area contributed by atoms with E-state index in [1.54, 1.807) is 0 Å². The highest BCUT2D eigenvalue weighted by atomic mass is 32.2. The summed E-state index contributed by atoms with van der Waals surface area (Å²) >= 11 is 2.96.